The fourth-order valence-electron chi connectivity index (χ4n) is 5.39. The van der Waals surface area contributed by atoms with Crippen molar-refractivity contribution < 1.29 is 24.2 Å². The lowest BCUT2D eigenvalue weighted by molar-refractivity contribution is -0.134. The third-order valence-corrected chi connectivity index (χ3v) is 7.22. The summed E-state index contributed by atoms with van der Waals surface area (Å²) in [4.78, 5) is 40.4. The number of hydrogen-bond acceptors (Lipinski definition) is 5. The minimum atomic E-state index is -0.798. The maximum Gasteiger partial charge on any atom is 0.410 e. The van der Waals surface area contributed by atoms with Crippen LogP contribution in [0.1, 0.15) is 40.4 Å². The van der Waals surface area contributed by atoms with E-state index in [-0.39, 0.29) is 18.4 Å². The fraction of sp³-hybridized carbons (Fsp3) is 0.400. The summed E-state index contributed by atoms with van der Waals surface area (Å²) in [6.07, 6.45) is -0.0830. The highest BCUT2D eigenvalue weighted by Gasteiger charge is 2.53. The zero-order valence-electron chi connectivity index (χ0n) is 18.3. The first kappa shape index (κ1) is 21.5. The summed E-state index contributed by atoms with van der Waals surface area (Å²) >= 11 is 0. The third-order valence-electron chi connectivity index (χ3n) is 7.22. The van der Waals surface area contributed by atoms with Crippen molar-refractivity contribution in [2.24, 2.45) is 0 Å². The summed E-state index contributed by atoms with van der Waals surface area (Å²) < 4.78 is 4.91. The molecule has 0 bridgehead atoms. The second-order valence-corrected chi connectivity index (χ2v) is 8.92. The van der Waals surface area contributed by atoms with Crippen LogP contribution in [-0.2, 0) is 14.9 Å². The Balaban J connectivity index is 1.32. The van der Waals surface area contributed by atoms with Crippen LogP contribution in [0.3, 0.4) is 0 Å². The summed E-state index contributed by atoms with van der Waals surface area (Å²) in [5.41, 5.74) is 1.97. The van der Waals surface area contributed by atoms with Crippen molar-refractivity contribution in [1.29, 1.82) is 0 Å². The number of ether oxygens (including phenoxy) is 1. The van der Waals surface area contributed by atoms with Crippen LogP contribution in [0.2, 0.25) is 0 Å². The summed E-state index contributed by atoms with van der Waals surface area (Å²) in [6.45, 7) is 1.71. The highest BCUT2D eigenvalue weighted by atomic mass is 16.6. The van der Waals surface area contributed by atoms with Crippen molar-refractivity contribution in [3.8, 4) is 0 Å². The first-order chi connectivity index (χ1) is 16.0. The lowest BCUT2D eigenvalue weighted by Gasteiger charge is -2.43. The van der Waals surface area contributed by atoms with E-state index in [4.69, 9.17) is 4.74 Å². The maximum atomic E-state index is 12.8. The Morgan fingerprint density at radius 1 is 1.03 bits per heavy atom. The molecule has 0 radical (unpaired) electrons. The predicted octanol–water partition coefficient (Wildman–Crippen LogP) is 1.84. The number of rotatable bonds is 4. The van der Waals surface area contributed by atoms with Gasteiger partial charge in [0.05, 0.1) is 18.7 Å². The zero-order chi connectivity index (χ0) is 23.0. The van der Waals surface area contributed by atoms with Crippen molar-refractivity contribution in [1.82, 2.24) is 15.1 Å². The summed E-state index contributed by atoms with van der Waals surface area (Å²) in [6, 6.07) is 16.3. The minimum Gasteiger partial charge on any atom is -0.448 e. The Labute approximate surface area is 192 Å². The molecule has 8 nitrogen and oxygen atoms in total. The molecule has 1 aliphatic carbocycles. The molecule has 0 aromatic heterocycles. The normalized spacial score (nSPS) is 23.4. The molecule has 2 aromatic carbocycles. The van der Waals surface area contributed by atoms with E-state index in [9.17, 15) is 19.5 Å². The van der Waals surface area contributed by atoms with Gasteiger partial charge in [-0.15, -0.1) is 0 Å². The van der Waals surface area contributed by atoms with E-state index in [0.717, 1.165) is 11.1 Å². The minimum absolute atomic E-state index is 0.0146. The van der Waals surface area contributed by atoms with E-state index in [0.29, 0.717) is 44.6 Å². The Hall–Kier alpha value is -3.39. The van der Waals surface area contributed by atoms with Gasteiger partial charge in [0.1, 0.15) is 13.2 Å². The Kier molecular flexibility index (Phi) is 5.54. The molecule has 2 N–H and O–H groups in total. The van der Waals surface area contributed by atoms with Crippen molar-refractivity contribution in [3.63, 3.8) is 0 Å². The van der Waals surface area contributed by atoms with Gasteiger partial charge < -0.3 is 20.1 Å². The SMILES string of the molecule is O=C(N[C@@H]1c2ccccc2C2(CCN(C(=O)CN3CCOC3=O)CC2)[C@H]1O)c1ccccc1. The van der Waals surface area contributed by atoms with Crippen LogP contribution in [0.25, 0.3) is 0 Å². The van der Waals surface area contributed by atoms with Crippen LogP contribution in [0.4, 0.5) is 4.79 Å². The van der Waals surface area contributed by atoms with Crippen molar-refractivity contribution >= 4 is 17.9 Å². The molecular formula is C25H27N3O5. The fourth-order valence-corrected chi connectivity index (χ4v) is 5.39. The first-order valence-corrected chi connectivity index (χ1v) is 11.3. The molecule has 3 aliphatic rings. The van der Waals surface area contributed by atoms with Gasteiger partial charge in [-0.2, -0.15) is 0 Å². The number of aliphatic hydroxyl groups is 1. The van der Waals surface area contributed by atoms with Gasteiger partial charge in [0.2, 0.25) is 5.91 Å². The number of hydrogen-bond donors (Lipinski definition) is 2. The number of amides is 3. The average Bonchev–Trinajstić information content (AvgIpc) is 3.35. The van der Waals surface area contributed by atoms with Gasteiger partial charge in [-0.1, -0.05) is 42.5 Å². The third kappa shape index (κ3) is 3.74. The molecule has 2 aliphatic heterocycles. The number of piperidine rings is 1. The van der Waals surface area contributed by atoms with E-state index >= 15 is 0 Å². The molecule has 2 saturated heterocycles. The van der Waals surface area contributed by atoms with Crippen LogP contribution in [0, 0.1) is 0 Å². The lowest BCUT2D eigenvalue weighted by Crippen LogP contribution is -2.52. The summed E-state index contributed by atoms with van der Waals surface area (Å²) in [5.74, 6) is -0.338. The van der Waals surface area contributed by atoms with Gasteiger partial charge in [0.25, 0.3) is 5.91 Å². The molecule has 2 fully saturated rings. The van der Waals surface area contributed by atoms with Crippen LogP contribution in [0.15, 0.2) is 54.6 Å². The van der Waals surface area contributed by atoms with E-state index in [1.165, 1.54) is 4.90 Å². The average molecular weight is 450 g/mol. The Bertz CT molecular complexity index is 1060. The molecule has 1 spiro atoms. The number of nitrogens with one attached hydrogen (secondary N) is 1. The van der Waals surface area contributed by atoms with Crippen molar-refractivity contribution in [3.05, 3.63) is 71.3 Å². The second kappa shape index (κ2) is 8.51. The molecule has 8 heteroatoms. The van der Waals surface area contributed by atoms with E-state index in [2.05, 4.69) is 5.32 Å². The topological polar surface area (TPSA) is 99.2 Å². The van der Waals surface area contributed by atoms with Crippen LogP contribution in [0.5, 0.6) is 0 Å². The number of benzene rings is 2. The molecular weight excluding hydrogens is 422 g/mol. The summed E-state index contributed by atoms with van der Waals surface area (Å²) in [7, 11) is 0. The first-order valence-electron chi connectivity index (χ1n) is 11.3. The lowest BCUT2D eigenvalue weighted by atomic mass is 9.72. The van der Waals surface area contributed by atoms with Crippen LogP contribution >= 0.6 is 0 Å². The zero-order valence-corrected chi connectivity index (χ0v) is 18.3. The van der Waals surface area contributed by atoms with Crippen molar-refractivity contribution in [2.75, 3.05) is 32.8 Å². The van der Waals surface area contributed by atoms with Crippen LogP contribution < -0.4 is 5.32 Å². The molecule has 33 heavy (non-hydrogen) atoms. The molecule has 3 amide bonds. The monoisotopic (exact) mass is 449 g/mol. The Morgan fingerprint density at radius 2 is 1.73 bits per heavy atom. The number of cyclic esters (lactones) is 1. The molecule has 0 unspecified atom stereocenters. The second-order valence-electron chi connectivity index (χ2n) is 8.92. The number of carbonyl (C=O) groups excluding carboxylic acids is 3. The molecule has 2 aromatic rings. The largest absolute Gasteiger partial charge is 0.448 e. The van der Waals surface area contributed by atoms with Gasteiger partial charge in [0.15, 0.2) is 0 Å². The smallest absolute Gasteiger partial charge is 0.410 e. The highest BCUT2D eigenvalue weighted by Crippen LogP contribution is 2.51. The molecule has 2 atom stereocenters. The summed E-state index contributed by atoms with van der Waals surface area (Å²) in [5, 5.41) is 14.5. The van der Waals surface area contributed by atoms with Gasteiger partial charge in [0, 0.05) is 24.1 Å². The maximum absolute atomic E-state index is 12.8. The van der Waals surface area contributed by atoms with Gasteiger partial charge in [-0.3, -0.25) is 14.5 Å². The van der Waals surface area contributed by atoms with Gasteiger partial charge in [-0.25, -0.2) is 4.79 Å². The highest BCUT2D eigenvalue weighted by molar-refractivity contribution is 5.94. The molecule has 2 heterocycles. The Morgan fingerprint density at radius 3 is 2.42 bits per heavy atom. The van der Waals surface area contributed by atoms with E-state index < -0.39 is 23.7 Å². The number of carbonyl (C=O) groups is 3. The number of likely N-dealkylation sites (tertiary alicyclic amines) is 1. The predicted molar refractivity (Wildman–Crippen MR) is 120 cm³/mol. The standard InChI is InChI=1S/C25H27N3O5/c29-20(16-28-14-15-33-24(28)32)27-12-10-25(11-13-27)19-9-5-4-8-18(19)21(22(25)30)26-23(31)17-6-2-1-3-7-17/h1-9,21-22,30H,10-16H2,(H,26,31)/t21-,22+/m1/s1. The van der Waals surface area contributed by atoms with Gasteiger partial charge >= 0.3 is 6.09 Å². The molecule has 172 valence electrons. The van der Waals surface area contributed by atoms with E-state index in [1.54, 1.807) is 17.0 Å². The van der Waals surface area contributed by atoms with E-state index in [1.807, 2.05) is 42.5 Å². The van der Waals surface area contributed by atoms with Gasteiger partial charge in [-0.05, 0) is 36.1 Å². The molecule has 5 rings (SSSR count). The van der Waals surface area contributed by atoms with Crippen molar-refractivity contribution in [2.45, 2.75) is 30.4 Å². The van der Waals surface area contributed by atoms with Crippen LogP contribution in [-0.4, -0.2) is 71.7 Å². The number of aliphatic hydroxyl groups excluding tert-OH is 1. The number of nitrogens with zero attached hydrogens (tertiary/aromatic N) is 2. The number of fused-ring (bicyclic) bond motifs is 2. The molecule has 0 saturated carbocycles. The quantitative estimate of drug-likeness (QED) is 0.742.